The minimum atomic E-state index is -0.733. The lowest BCUT2D eigenvalue weighted by Gasteiger charge is -2.14. The summed E-state index contributed by atoms with van der Waals surface area (Å²) in [7, 11) is 0. The molecular weight excluding hydrogens is 445 g/mol. The molecule has 2 heterocycles. The Morgan fingerprint density at radius 1 is 1.23 bits per heavy atom. The second-order valence-corrected chi connectivity index (χ2v) is 8.34. The maximum absolute atomic E-state index is 13.8. The van der Waals surface area contributed by atoms with Crippen LogP contribution in [0.15, 0.2) is 59.6 Å². The molecule has 0 atom stereocenters. The Morgan fingerprint density at radius 2 is 2.03 bits per heavy atom. The van der Waals surface area contributed by atoms with Gasteiger partial charge in [0, 0.05) is 0 Å². The maximum atomic E-state index is 13.8. The van der Waals surface area contributed by atoms with Crippen LogP contribution in [0.3, 0.4) is 0 Å². The molecule has 1 aromatic heterocycles. The molecule has 4 rings (SSSR count). The first-order valence-electron chi connectivity index (χ1n) is 8.71. The van der Waals surface area contributed by atoms with E-state index < -0.39 is 5.82 Å². The minimum Gasteiger partial charge on any atom is -0.436 e. The van der Waals surface area contributed by atoms with Crippen molar-refractivity contribution in [2.24, 2.45) is 0 Å². The summed E-state index contributed by atoms with van der Waals surface area (Å²) < 4.78 is 19.8. The first-order valence-corrected chi connectivity index (χ1v) is 10.3. The number of halogens is 2. The van der Waals surface area contributed by atoms with E-state index >= 15 is 0 Å². The molecule has 9 heteroatoms. The lowest BCUT2D eigenvalue weighted by atomic mass is 10.2. The molecule has 1 aliphatic rings. The summed E-state index contributed by atoms with van der Waals surface area (Å²) in [5.41, 5.74) is 2.46. The molecule has 5 nitrogen and oxygen atoms in total. The number of carbonyl (C=O) groups is 1. The number of benzene rings is 2. The van der Waals surface area contributed by atoms with E-state index in [2.05, 4.69) is 9.97 Å². The smallest absolute Gasteiger partial charge is 0.270 e. The van der Waals surface area contributed by atoms with Gasteiger partial charge in [0.1, 0.15) is 5.75 Å². The zero-order valence-electron chi connectivity index (χ0n) is 15.5. The molecule has 1 fully saturated rings. The lowest BCUT2D eigenvalue weighted by molar-refractivity contribution is -0.113. The van der Waals surface area contributed by atoms with Crippen molar-refractivity contribution in [3.63, 3.8) is 0 Å². The highest BCUT2D eigenvalue weighted by Crippen LogP contribution is 2.36. The molecule has 30 heavy (non-hydrogen) atoms. The topological polar surface area (TPSA) is 55.3 Å². The van der Waals surface area contributed by atoms with Crippen LogP contribution in [0, 0.1) is 12.7 Å². The van der Waals surface area contributed by atoms with Gasteiger partial charge in [-0.2, -0.15) is 9.37 Å². The van der Waals surface area contributed by atoms with E-state index in [0.29, 0.717) is 20.5 Å². The Kier molecular flexibility index (Phi) is 5.80. The second kappa shape index (κ2) is 8.51. The van der Waals surface area contributed by atoms with E-state index in [0.717, 1.165) is 17.4 Å². The van der Waals surface area contributed by atoms with E-state index in [-0.39, 0.29) is 17.1 Å². The standard InChI is InChI=1S/C21H13ClFN3O2S2/c1-12-4-2-6-14(8-12)26-19(27)17(30-21(26)29)10-13-5-3-7-15(9-13)28-18-16(23)11-24-20(22)25-18/h2-11H,1H3/b17-10-. The van der Waals surface area contributed by atoms with Gasteiger partial charge >= 0.3 is 0 Å². The third kappa shape index (κ3) is 4.35. The van der Waals surface area contributed by atoms with Gasteiger partial charge < -0.3 is 4.74 Å². The minimum absolute atomic E-state index is 0.123. The maximum Gasteiger partial charge on any atom is 0.270 e. The van der Waals surface area contributed by atoms with E-state index in [1.165, 1.54) is 16.7 Å². The highest BCUT2D eigenvalue weighted by atomic mass is 35.5. The fourth-order valence-corrected chi connectivity index (χ4v) is 4.22. The van der Waals surface area contributed by atoms with Crippen molar-refractivity contribution in [1.29, 1.82) is 0 Å². The van der Waals surface area contributed by atoms with Gasteiger partial charge in [-0.25, -0.2) is 4.98 Å². The van der Waals surface area contributed by atoms with Crippen LogP contribution in [0.25, 0.3) is 6.08 Å². The van der Waals surface area contributed by atoms with Crippen molar-refractivity contribution >= 4 is 57.6 Å². The molecule has 0 radical (unpaired) electrons. The molecule has 2 aromatic carbocycles. The zero-order chi connectivity index (χ0) is 21.3. The van der Waals surface area contributed by atoms with E-state index in [9.17, 15) is 9.18 Å². The summed E-state index contributed by atoms with van der Waals surface area (Å²) >= 11 is 12.3. The van der Waals surface area contributed by atoms with Crippen LogP contribution in [-0.2, 0) is 4.79 Å². The van der Waals surface area contributed by atoms with Crippen molar-refractivity contribution in [2.75, 3.05) is 4.90 Å². The summed E-state index contributed by atoms with van der Waals surface area (Å²) in [6.07, 6.45) is 2.65. The Balaban J connectivity index is 1.59. The molecule has 3 aromatic rings. The normalized spacial score (nSPS) is 15.2. The molecular formula is C21H13ClFN3O2S2. The average Bonchev–Trinajstić information content (AvgIpc) is 2.98. The lowest BCUT2D eigenvalue weighted by Crippen LogP contribution is -2.27. The van der Waals surface area contributed by atoms with Gasteiger partial charge in [-0.15, -0.1) is 0 Å². The van der Waals surface area contributed by atoms with Crippen LogP contribution in [0.5, 0.6) is 11.6 Å². The molecule has 0 bridgehead atoms. The first-order chi connectivity index (χ1) is 14.4. The largest absolute Gasteiger partial charge is 0.436 e. The van der Waals surface area contributed by atoms with Crippen molar-refractivity contribution in [2.45, 2.75) is 6.92 Å². The van der Waals surface area contributed by atoms with E-state index in [1.54, 1.807) is 30.3 Å². The van der Waals surface area contributed by atoms with Crippen LogP contribution in [0.1, 0.15) is 11.1 Å². The van der Waals surface area contributed by atoms with Gasteiger partial charge in [0.25, 0.3) is 11.8 Å². The van der Waals surface area contributed by atoms with Gasteiger partial charge in [-0.05, 0) is 60.0 Å². The fourth-order valence-electron chi connectivity index (χ4n) is 2.79. The number of aryl methyl sites for hydroxylation is 1. The molecule has 0 aliphatic carbocycles. The number of anilines is 1. The number of thioether (sulfide) groups is 1. The van der Waals surface area contributed by atoms with Crippen molar-refractivity contribution in [3.05, 3.63) is 81.9 Å². The number of aromatic nitrogens is 2. The zero-order valence-corrected chi connectivity index (χ0v) is 17.9. The monoisotopic (exact) mass is 457 g/mol. The Bertz CT molecular complexity index is 1200. The molecule has 1 saturated heterocycles. The third-order valence-corrected chi connectivity index (χ3v) is 5.59. The highest BCUT2D eigenvalue weighted by Gasteiger charge is 2.33. The Morgan fingerprint density at radius 3 is 2.83 bits per heavy atom. The average molecular weight is 458 g/mol. The molecule has 0 N–H and O–H groups in total. The number of ether oxygens (including phenoxy) is 1. The second-order valence-electron chi connectivity index (χ2n) is 6.32. The summed E-state index contributed by atoms with van der Waals surface area (Å²) in [5, 5.41) is -0.123. The van der Waals surface area contributed by atoms with Crippen molar-refractivity contribution < 1.29 is 13.9 Å². The SMILES string of the molecule is Cc1cccc(N2C(=O)/C(=C/c3cccc(Oc4nc(Cl)ncc4F)c3)SC2=S)c1. The van der Waals surface area contributed by atoms with E-state index in [4.69, 9.17) is 28.6 Å². The molecule has 1 amide bonds. The molecule has 1 aliphatic heterocycles. The van der Waals surface area contributed by atoms with Crippen LogP contribution in [0.2, 0.25) is 5.28 Å². The fraction of sp³-hybridized carbons (Fsp3) is 0.0476. The summed E-state index contributed by atoms with van der Waals surface area (Å²) in [5.74, 6) is -0.871. The molecule has 150 valence electrons. The number of nitrogens with zero attached hydrogens (tertiary/aromatic N) is 3. The van der Waals surface area contributed by atoms with Gasteiger partial charge in [-0.3, -0.25) is 9.69 Å². The van der Waals surface area contributed by atoms with E-state index in [1.807, 2.05) is 31.2 Å². The van der Waals surface area contributed by atoms with Crippen molar-refractivity contribution in [1.82, 2.24) is 9.97 Å². The Labute approximate surface area is 186 Å². The van der Waals surface area contributed by atoms with Crippen LogP contribution < -0.4 is 9.64 Å². The van der Waals surface area contributed by atoms with Gasteiger partial charge in [0.2, 0.25) is 11.1 Å². The van der Waals surface area contributed by atoms with Crippen molar-refractivity contribution in [3.8, 4) is 11.6 Å². The quantitative estimate of drug-likeness (QED) is 0.281. The number of hydrogen-bond acceptors (Lipinski definition) is 6. The van der Waals surface area contributed by atoms with Crippen LogP contribution in [0.4, 0.5) is 10.1 Å². The van der Waals surface area contributed by atoms with Gasteiger partial charge in [0.15, 0.2) is 4.32 Å². The van der Waals surface area contributed by atoms with Crippen LogP contribution in [-0.4, -0.2) is 20.2 Å². The summed E-state index contributed by atoms with van der Waals surface area (Å²) in [4.78, 5) is 22.2. The number of carbonyl (C=O) groups excluding carboxylic acids is 1. The molecule has 0 saturated carbocycles. The van der Waals surface area contributed by atoms with Crippen LogP contribution >= 0.6 is 35.6 Å². The predicted molar refractivity (Wildman–Crippen MR) is 120 cm³/mol. The predicted octanol–water partition coefficient (Wildman–Crippen LogP) is 5.78. The summed E-state index contributed by atoms with van der Waals surface area (Å²) in [6.45, 7) is 1.95. The van der Waals surface area contributed by atoms with Gasteiger partial charge in [-0.1, -0.05) is 48.2 Å². The molecule has 0 unspecified atom stereocenters. The third-order valence-electron chi connectivity index (χ3n) is 4.11. The highest BCUT2D eigenvalue weighted by molar-refractivity contribution is 8.27. The number of rotatable bonds is 4. The number of amides is 1. The Hall–Kier alpha value is -2.81. The molecule has 0 spiro atoms. The number of thiocarbonyl (C=S) groups is 1. The number of hydrogen-bond donors (Lipinski definition) is 0. The summed E-state index contributed by atoms with van der Waals surface area (Å²) in [6, 6.07) is 14.4. The van der Waals surface area contributed by atoms with Gasteiger partial charge in [0.05, 0.1) is 16.8 Å². The first kappa shape index (κ1) is 20.5.